The monoisotopic (exact) mass is 239 g/mol. The first-order valence-corrected chi connectivity index (χ1v) is 6.27. The van der Waals surface area contributed by atoms with Gasteiger partial charge in [-0.15, -0.1) is 0 Å². The molecule has 1 fully saturated rings. The number of halogens is 1. The summed E-state index contributed by atoms with van der Waals surface area (Å²) in [4.78, 5) is 0. The summed E-state index contributed by atoms with van der Waals surface area (Å²) >= 11 is 5.81. The molecule has 1 aromatic carbocycles. The van der Waals surface area contributed by atoms with Crippen LogP contribution in [0.4, 0.5) is 0 Å². The van der Waals surface area contributed by atoms with Gasteiger partial charge in [-0.2, -0.15) is 0 Å². The van der Waals surface area contributed by atoms with E-state index < -0.39 is 0 Å². The second-order valence-corrected chi connectivity index (χ2v) is 4.84. The van der Waals surface area contributed by atoms with Crippen LogP contribution in [-0.4, -0.2) is 18.7 Å². The van der Waals surface area contributed by atoms with E-state index in [1.54, 1.807) is 0 Å². The van der Waals surface area contributed by atoms with Crippen LogP contribution >= 0.6 is 11.6 Å². The van der Waals surface area contributed by atoms with Crippen LogP contribution in [0, 0.1) is 0 Å². The van der Waals surface area contributed by atoms with Gasteiger partial charge in [-0.25, -0.2) is 0 Å². The van der Waals surface area contributed by atoms with Crippen molar-refractivity contribution in [3.05, 3.63) is 29.3 Å². The van der Waals surface area contributed by atoms with Crippen molar-refractivity contribution in [3.8, 4) is 5.75 Å². The third kappa shape index (κ3) is 4.03. The molecule has 1 atom stereocenters. The van der Waals surface area contributed by atoms with Gasteiger partial charge < -0.3 is 10.1 Å². The van der Waals surface area contributed by atoms with Crippen molar-refractivity contribution < 1.29 is 4.74 Å². The molecular formula is C13H18ClNO. The fourth-order valence-electron chi connectivity index (χ4n) is 1.58. The molecule has 88 valence electrons. The molecule has 1 aliphatic rings. The quantitative estimate of drug-likeness (QED) is 0.823. The Bertz CT molecular complexity index is 321. The molecule has 0 bridgehead atoms. The molecule has 1 N–H and O–H groups in total. The summed E-state index contributed by atoms with van der Waals surface area (Å²) in [7, 11) is 0. The molecular weight excluding hydrogens is 222 g/mol. The van der Waals surface area contributed by atoms with Crippen LogP contribution in [0.1, 0.15) is 26.2 Å². The normalized spacial score (nSPS) is 17.1. The second-order valence-electron chi connectivity index (χ2n) is 4.40. The Hall–Kier alpha value is -0.730. The van der Waals surface area contributed by atoms with E-state index in [2.05, 4.69) is 12.2 Å². The Labute approximate surface area is 102 Å². The molecule has 2 rings (SSSR count). The SMILES string of the molecule is CC(CCNC1CC1)Oc1ccc(Cl)cc1. The minimum absolute atomic E-state index is 0.243. The highest BCUT2D eigenvalue weighted by molar-refractivity contribution is 6.30. The number of hydrogen-bond acceptors (Lipinski definition) is 2. The first-order valence-electron chi connectivity index (χ1n) is 5.89. The first kappa shape index (κ1) is 11.7. The van der Waals surface area contributed by atoms with Gasteiger partial charge in [0.2, 0.25) is 0 Å². The molecule has 0 aromatic heterocycles. The van der Waals surface area contributed by atoms with Gasteiger partial charge in [-0.05, 0) is 57.0 Å². The summed E-state index contributed by atoms with van der Waals surface area (Å²) in [5.74, 6) is 0.892. The van der Waals surface area contributed by atoms with E-state index in [4.69, 9.17) is 16.3 Å². The summed E-state index contributed by atoms with van der Waals surface area (Å²) < 4.78 is 5.77. The van der Waals surface area contributed by atoms with Crippen molar-refractivity contribution in [1.82, 2.24) is 5.32 Å². The molecule has 0 spiro atoms. The first-order chi connectivity index (χ1) is 7.74. The molecule has 0 saturated heterocycles. The summed E-state index contributed by atoms with van der Waals surface area (Å²) in [5, 5.41) is 4.23. The Morgan fingerprint density at radius 2 is 2.06 bits per heavy atom. The summed E-state index contributed by atoms with van der Waals surface area (Å²) in [6, 6.07) is 8.31. The van der Waals surface area contributed by atoms with E-state index in [9.17, 15) is 0 Å². The summed E-state index contributed by atoms with van der Waals surface area (Å²) in [6.45, 7) is 3.14. The minimum atomic E-state index is 0.243. The Balaban J connectivity index is 1.68. The van der Waals surface area contributed by atoms with Crippen LogP contribution < -0.4 is 10.1 Å². The Kier molecular flexibility index (Phi) is 4.08. The van der Waals surface area contributed by atoms with Crippen molar-refractivity contribution in [3.63, 3.8) is 0 Å². The average molecular weight is 240 g/mol. The predicted molar refractivity (Wildman–Crippen MR) is 67.2 cm³/mol. The van der Waals surface area contributed by atoms with E-state index in [0.29, 0.717) is 0 Å². The largest absolute Gasteiger partial charge is 0.491 e. The van der Waals surface area contributed by atoms with E-state index in [1.165, 1.54) is 12.8 Å². The molecule has 1 unspecified atom stereocenters. The van der Waals surface area contributed by atoms with Crippen LogP contribution in [-0.2, 0) is 0 Å². The van der Waals surface area contributed by atoms with Crippen molar-refractivity contribution in [1.29, 1.82) is 0 Å². The van der Waals surface area contributed by atoms with Crippen LogP contribution in [0.3, 0.4) is 0 Å². The fraction of sp³-hybridized carbons (Fsp3) is 0.538. The van der Waals surface area contributed by atoms with Crippen LogP contribution in [0.5, 0.6) is 5.75 Å². The zero-order valence-electron chi connectivity index (χ0n) is 9.58. The molecule has 0 heterocycles. The zero-order chi connectivity index (χ0) is 11.4. The lowest BCUT2D eigenvalue weighted by molar-refractivity contribution is 0.210. The van der Waals surface area contributed by atoms with Crippen molar-refractivity contribution in [2.24, 2.45) is 0 Å². The summed E-state index contributed by atoms with van der Waals surface area (Å²) in [5.41, 5.74) is 0. The smallest absolute Gasteiger partial charge is 0.119 e. The third-order valence-electron chi connectivity index (χ3n) is 2.71. The Morgan fingerprint density at radius 1 is 1.38 bits per heavy atom. The lowest BCUT2D eigenvalue weighted by Gasteiger charge is -2.14. The average Bonchev–Trinajstić information content (AvgIpc) is 3.05. The summed E-state index contributed by atoms with van der Waals surface area (Å²) in [6.07, 6.45) is 3.96. The zero-order valence-corrected chi connectivity index (χ0v) is 10.3. The van der Waals surface area contributed by atoms with Gasteiger partial charge in [0.15, 0.2) is 0 Å². The molecule has 2 nitrogen and oxygen atoms in total. The van der Waals surface area contributed by atoms with Gasteiger partial charge in [0.25, 0.3) is 0 Å². The third-order valence-corrected chi connectivity index (χ3v) is 2.96. The number of hydrogen-bond donors (Lipinski definition) is 1. The predicted octanol–water partition coefficient (Wildman–Crippen LogP) is 3.25. The van der Waals surface area contributed by atoms with Crippen molar-refractivity contribution in [2.45, 2.75) is 38.3 Å². The highest BCUT2D eigenvalue weighted by Crippen LogP contribution is 2.19. The van der Waals surface area contributed by atoms with Gasteiger partial charge >= 0.3 is 0 Å². The van der Waals surface area contributed by atoms with Gasteiger partial charge in [0.05, 0.1) is 6.10 Å². The van der Waals surface area contributed by atoms with E-state index in [1.807, 2.05) is 24.3 Å². The van der Waals surface area contributed by atoms with Crippen molar-refractivity contribution >= 4 is 11.6 Å². The maximum atomic E-state index is 5.81. The molecule has 1 aliphatic carbocycles. The van der Waals surface area contributed by atoms with Gasteiger partial charge in [0.1, 0.15) is 5.75 Å². The number of ether oxygens (including phenoxy) is 1. The lowest BCUT2D eigenvalue weighted by atomic mass is 10.2. The lowest BCUT2D eigenvalue weighted by Crippen LogP contribution is -2.23. The van der Waals surface area contributed by atoms with E-state index in [0.717, 1.165) is 29.8 Å². The minimum Gasteiger partial charge on any atom is -0.491 e. The van der Waals surface area contributed by atoms with E-state index >= 15 is 0 Å². The maximum absolute atomic E-state index is 5.81. The number of benzene rings is 1. The number of nitrogens with one attached hydrogen (secondary N) is 1. The van der Waals surface area contributed by atoms with Gasteiger partial charge in [-0.1, -0.05) is 11.6 Å². The second kappa shape index (κ2) is 5.55. The molecule has 1 saturated carbocycles. The van der Waals surface area contributed by atoms with Crippen LogP contribution in [0.25, 0.3) is 0 Å². The van der Waals surface area contributed by atoms with Gasteiger partial charge in [-0.3, -0.25) is 0 Å². The highest BCUT2D eigenvalue weighted by atomic mass is 35.5. The standard InChI is InChI=1S/C13H18ClNO/c1-10(8-9-15-12-4-5-12)16-13-6-2-11(14)3-7-13/h2-3,6-7,10,12,15H,4-5,8-9H2,1H3. The van der Waals surface area contributed by atoms with Gasteiger partial charge in [0, 0.05) is 11.1 Å². The topological polar surface area (TPSA) is 21.3 Å². The number of rotatable bonds is 6. The molecule has 0 radical (unpaired) electrons. The molecule has 0 amide bonds. The van der Waals surface area contributed by atoms with Crippen molar-refractivity contribution in [2.75, 3.05) is 6.54 Å². The Morgan fingerprint density at radius 3 is 2.69 bits per heavy atom. The van der Waals surface area contributed by atoms with Crippen LogP contribution in [0.15, 0.2) is 24.3 Å². The van der Waals surface area contributed by atoms with Crippen LogP contribution in [0.2, 0.25) is 5.02 Å². The fourth-order valence-corrected chi connectivity index (χ4v) is 1.71. The maximum Gasteiger partial charge on any atom is 0.119 e. The molecule has 16 heavy (non-hydrogen) atoms. The molecule has 0 aliphatic heterocycles. The molecule has 1 aromatic rings. The highest BCUT2D eigenvalue weighted by Gasteiger charge is 2.20. The van der Waals surface area contributed by atoms with E-state index in [-0.39, 0.29) is 6.10 Å². The molecule has 3 heteroatoms.